The molecule has 4 heteroatoms. The number of hydrogen-bond acceptors (Lipinski definition) is 3. The molecule has 0 radical (unpaired) electrons. The van der Waals surface area contributed by atoms with E-state index in [1.54, 1.807) is 0 Å². The quantitative estimate of drug-likeness (QED) is 0.754. The monoisotopic (exact) mass is 232 g/mol. The maximum atomic E-state index is 10.9. The van der Waals surface area contributed by atoms with Gasteiger partial charge in [-0.05, 0) is 17.7 Å². The van der Waals surface area contributed by atoms with Gasteiger partial charge in [-0.1, -0.05) is 24.3 Å². The number of amides is 1. The van der Waals surface area contributed by atoms with Gasteiger partial charge >= 0.3 is 0 Å². The summed E-state index contributed by atoms with van der Waals surface area (Å²) in [6.45, 7) is 0. The average molecular weight is 232 g/mol. The van der Waals surface area contributed by atoms with E-state index in [1.165, 1.54) is 0 Å². The lowest BCUT2D eigenvalue weighted by Gasteiger charge is -2.08. The highest BCUT2D eigenvalue weighted by Crippen LogP contribution is 2.15. The highest BCUT2D eigenvalue weighted by atomic mass is 32.1. The molecule has 1 aliphatic rings. The third kappa shape index (κ3) is 2.73. The number of benzene rings is 1. The Bertz CT molecular complexity index is 466. The first kappa shape index (κ1) is 11.0. The zero-order chi connectivity index (χ0) is 11.4. The summed E-state index contributed by atoms with van der Waals surface area (Å²) in [5.41, 5.74) is 4.39. The van der Waals surface area contributed by atoms with Crippen LogP contribution in [0.25, 0.3) is 6.08 Å². The van der Waals surface area contributed by atoms with Gasteiger partial charge in [-0.3, -0.25) is 4.79 Å². The van der Waals surface area contributed by atoms with Gasteiger partial charge in [0, 0.05) is 17.7 Å². The molecule has 0 spiro atoms. The van der Waals surface area contributed by atoms with Gasteiger partial charge in [-0.2, -0.15) is 5.10 Å². The standard InChI is InChI=1S/C12H12N2OS/c15-12-8-7-10(13-14-12)6-5-9-3-1-2-4-11(9)16/h1-6,16H,7-8H2,(H,14,15). The Labute approximate surface area is 99.7 Å². The van der Waals surface area contributed by atoms with Crippen LogP contribution >= 0.6 is 12.6 Å². The predicted molar refractivity (Wildman–Crippen MR) is 67.5 cm³/mol. The molecule has 1 amide bonds. The first-order chi connectivity index (χ1) is 7.75. The molecule has 1 heterocycles. The zero-order valence-corrected chi connectivity index (χ0v) is 9.58. The van der Waals surface area contributed by atoms with Gasteiger partial charge in [0.25, 0.3) is 0 Å². The Kier molecular flexibility index (Phi) is 3.41. The van der Waals surface area contributed by atoms with Gasteiger partial charge in [-0.25, -0.2) is 5.43 Å². The molecule has 0 aliphatic carbocycles. The molecular weight excluding hydrogens is 220 g/mol. The molecule has 0 fully saturated rings. The van der Waals surface area contributed by atoms with Crippen molar-refractivity contribution >= 4 is 30.3 Å². The number of thiol groups is 1. The van der Waals surface area contributed by atoms with E-state index >= 15 is 0 Å². The zero-order valence-electron chi connectivity index (χ0n) is 8.68. The number of nitrogens with one attached hydrogen (secondary N) is 1. The number of nitrogens with zero attached hydrogens (tertiary/aromatic N) is 1. The van der Waals surface area contributed by atoms with Gasteiger partial charge in [0.05, 0.1) is 5.71 Å². The number of hydrazone groups is 1. The van der Waals surface area contributed by atoms with Gasteiger partial charge in [0.15, 0.2) is 0 Å². The van der Waals surface area contributed by atoms with Crippen LogP contribution < -0.4 is 5.43 Å². The smallest absolute Gasteiger partial charge is 0.240 e. The van der Waals surface area contributed by atoms with Crippen molar-refractivity contribution in [2.75, 3.05) is 0 Å². The molecule has 0 saturated carbocycles. The van der Waals surface area contributed by atoms with Crippen LogP contribution in [0.4, 0.5) is 0 Å². The second kappa shape index (κ2) is 4.99. The van der Waals surface area contributed by atoms with Crippen molar-refractivity contribution in [1.29, 1.82) is 0 Å². The number of allylic oxidation sites excluding steroid dienone is 1. The number of carbonyl (C=O) groups excluding carboxylic acids is 1. The molecule has 1 aromatic rings. The fourth-order valence-corrected chi connectivity index (χ4v) is 1.66. The van der Waals surface area contributed by atoms with Crippen molar-refractivity contribution in [3.63, 3.8) is 0 Å². The van der Waals surface area contributed by atoms with Crippen LogP contribution in [-0.4, -0.2) is 11.6 Å². The summed E-state index contributed by atoms with van der Waals surface area (Å²) in [7, 11) is 0. The third-order valence-corrected chi connectivity index (χ3v) is 2.73. The summed E-state index contributed by atoms with van der Waals surface area (Å²) >= 11 is 4.35. The minimum Gasteiger partial charge on any atom is -0.273 e. The van der Waals surface area contributed by atoms with Crippen molar-refractivity contribution in [3.8, 4) is 0 Å². The molecule has 0 atom stereocenters. The second-order valence-electron chi connectivity index (χ2n) is 3.53. The summed E-state index contributed by atoms with van der Waals surface area (Å²) in [6, 6.07) is 7.83. The van der Waals surface area contributed by atoms with Gasteiger partial charge in [-0.15, -0.1) is 12.6 Å². The second-order valence-corrected chi connectivity index (χ2v) is 4.01. The Morgan fingerprint density at radius 2 is 2.06 bits per heavy atom. The molecule has 1 aliphatic heterocycles. The highest BCUT2D eigenvalue weighted by molar-refractivity contribution is 7.80. The van der Waals surface area contributed by atoms with Crippen molar-refractivity contribution < 1.29 is 4.79 Å². The fraction of sp³-hybridized carbons (Fsp3) is 0.167. The number of rotatable bonds is 2. The molecule has 82 valence electrons. The fourth-order valence-electron chi connectivity index (χ4n) is 1.42. The molecule has 2 rings (SSSR count). The topological polar surface area (TPSA) is 41.5 Å². The SMILES string of the molecule is O=C1CCC(C=Cc2ccccc2S)=NN1. The molecule has 0 unspecified atom stereocenters. The lowest BCUT2D eigenvalue weighted by atomic mass is 10.1. The summed E-state index contributed by atoms with van der Waals surface area (Å²) < 4.78 is 0. The van der Waals surface area contributed by atoms with Crippen LogP contribution in [0.3, 0.4) is 0 Å². The first-order valence-electron chi connectivity index (χ1n) is 5.07. The Morgan fingerprint density at radius 1 is 1.25 bits per heavy atom. The largest absolute Gasteiger partial charge is 0.273 e. The lowest BCUT2D eigenvalue weighted by Crippen LogP contribution is -2.24. The molecular formula is C12H12N2OS. The average Bonchev–Trinajstić information content (AvgIpc) is 2.30. The summed E-state index contributed by atoms with van der Waals surface area (Å²) in [4.78, 5) is 11.8. The Balaban J connectivity index is 2.10. The molecule has 0 saturated heterocycles. The van der Waals surface area contributed by atoms with E-state index in [2.05, 4.69) is 23.2 Å². The number of hydrogen-bond donors (Lipinski definition) is 2. The maximum absolute atomic E-state index is 10.9. The van der Waals surface area contributed by atoms with Gasteiger partial charge in [0.2, 0.25) is 5.91 Å². The van der Waals surface area contributed by atoms with Crippen LogP contribution in [0, 0.1) is 0 Å². The van der Waals surface area contributed by atoms with E-state index < -0.39 is 0 Å². The van der Waals surface area contributed by atoms with E-state index in [-0.39, 0.29) is 5.91 Å². The van der Waals surface area contributed by atoms with E-state index in [0.29, 0.717) is 12.8 Å². The van der Waals surface area contributed by atoms with Crippen LogP contribution in [0.2, 0.25) is 0 Å². The van der Waals surface area contributed by atoms with Crippen molar-refractivity contribution in [2.45, 2.75) is 17.7 Å². The van der Waals surface area contributed by atoms with Gasteiger partial charge in [0.1, 0.15) is 0 Å². The molecule has 0 aromatic heterocycles. The molecule has 0 bridgehead atoms. The van der Waals surface area contributed by atoms with Crippen molar-refractivity contribution in [1.82, 2.24) is 5.43 Å². The minimum absolute atomic E-state index is 0.0215. The van der Waals surface area contributed by atoms with Crippen LogP contribution in [0.15, 0.2) is 40.3 Å². The molecule has 3 nitrogen and oxygen atoms in total. The summed E-state index contributed by atoms with van der Waals surface area (Å²) in [5.74, 6) is -0.0215. The Morgan fingerprint density at radius 3 is 2.75 bits per heavy atom. The normalized spacial score (nSPS) is 16.1. The Hall–Kier alpha value is -1.55. The van der Waals surface area contributed by atoms with Crippen LogP contribution in [0.5, 0.6) is 0 Å². The third-order valence-electron chi connectivity index (χ3n) is 2.32. The van der Waals surface area contributed by atoms with E-state index in [9.17, 15) is 4.79 Å². The van der Waals surface area contributed by atoms with E-state index in [4.69, 9.17) is 0 Å². The van der Waals surface area contributed by atoms with Crippen LogP contribution in [0.1, 0.15) is 18.4 Å². The highest BCUT2D eigenvalue weighted by Gasteiger charge is 2.08. The van der Waals surface area contributed by atoms with Gasteiger partial charge < -0.3 is 0 Å². The van der Waals surface area contributed by atoms with Crippen molar-refractivity contribution in [3.05, 3.63) is 35.9 Å². The van der Waals surface area contributed by atoms with E-state index in [0.717, 1.165) is 16.2 Å². The maximum Gasteiger partial charge on any atom is 0.240 e. The molecule has 1 aromatic carbocycles. The predicted octanol–water partition coefficient (Wildman–Crippen LogP) is 2.25. The molecule has 16 heavy (non-hydrogen) atoms. The first-order valence-corrected chi connectivity index (χ1v) is 5.52. The van der Waals surface area contributed by atoms with Crippen LogP contribution in [-0.2, 0) is 4.79 Å². The summed E-state index contributed by atoms with van der Waals surface area (Å²) in [5, 5.41) is 3.96. The number of carbonyl (C=O) groups is 1. The summed E-state index contributed by atoms with van der Waals surface area (Å²) in [6.07, 6.45) is 5.07. The molecule has 1 N–H and O–H groups in total. The van der Waals surface area contributed by atoms with Crippen molar-refractivity contribution in [2.24, 2.45) is 5.10 Å². The van der Waals surface area contributed by atoms with E-state index in [1.807, 2.05) is 36.4 Å². The lowest BCUT2D eigenvalue weighted by molar-refractivity contribution is -0.121. The minimum atomic E-state index is -0.0215.